The maximum absolute atomic E-state index is 12.1. The van der Waals surface area contributed by atoms with Crippen LogP contribution in [0.5, 0.6) is 0 Å². The normalized spacial score (nSPS) is 25.6. The van der Waals surface area contributed by atoms with Gasteiger partial charge in [-0.3, -0.25) is 4.79 Å². The molecule has 0 bridgehead atoms. The molecular weight excluding hydrogens is 380 g/mol. The van der Waals surface area contributed by atoms with E-state index in [4.69, 9.17) is 14.5 Å². The van der Waals surface area contributed by atoms with E-state index < -0.39 is 0 Å². The van der Waals surface area contributed by atoms with Crippen molar-refractivity contribution in [3.63, 3.8) is 0 Å². The van der Waals surface area contributed by atoms with E-state index in [1.54, 1.807) is 6.92 Å². The average molecular weight is 409 g/mol. The molecule has 1 unspecified atom stereocenters. The first-order valence-electron chi connectivity index (χ1n) is 11.3. The lowest BCUT2D eigenvalue weighted by Gasteiger charge is -2.40. The minimum atomic E-state index is -0.0219. The van der Waals surface area contributed by atoms with E-state index in [1.165, 1.54) is 24.1 Å². The standard InChI is InChI=1S/C22H28N6O2/c1-13(29)28-10-2-8-22(12-28)9-7-16-18(22)25-19(14-3-4-14)26-21(16)23-11-17-24-20(27-30-17)15-5-6-15/h14-15H,2-12H2,1H3,(H,23,25,26). The molecule has 1 aliphatic heterocycles. The Balaban J connectivity index is 1.30. The van der Waals surface area contributed by atoms with E-state index >= 15 is 0 Å². The number of rotatable bonds is 5. The molecule has 1 spiro atoms. The number of anilines is 1. The summed E-state index contributed by atoms with van der Waals surface area (Å²) in [5.74, 6) is 4.47. The fourth-order valence-electron chi connectivity index (χ4n) is 5.13. The fourth-order valence-corrected chi connectivity index (χ4v) is 5.13. The Kier molecular flexibility index (Phi) is 4.11. The summed E-state index contributed by atoms with van der Waals surface area (Å²) in [6, 6.07) is 0. The predicted molar refractivity (Wildman–Crippen MR) is 109 cm³/mol. The van der Waals surface area contributed by atoms with Gasteiger partial charge in [0.1, 0.15) is 11.6 Å². The number of aromatic nitrogens is 4. The largest absolute Gasteiger partial charge is 0.361 e. The average Bonchev–Trinajstić information content (AvgIpc) is 3.69. The summed E-state index contributed by atoms with van der Waals surface area (Å²) in [6.07, 6.45) is 8.78. The van der Waals surface area contributed by atoms with Crippen molar-refractivity contribution in [2.75, 3.05) is 18.4 Å². The van der Waals surface area contributed by atoms with Gasteiger partial charge in [0.2, 0.25) is 11.8 Å². The van der Waals surface area contributed by atoms with Gasteiger partial charge < -0.3 is 14.7 Å². The molecule has 2 aromatic heterocycles. The lowest BCUT2D eigenvalue weighted by Crippen LogP contribution is -2.47. The molecule has 1 atom stereocenters. The molecule has 2 aromatic rings. The third kappa shape index (κ3) is 3.17. The molecule has 1 N–H and O–H groups in total. The van der Waals surface area contributed by atoms with Crippen molar-refractivity contribution in [2.24, 2.45) is 0 Å². The predicted octanol–water partition coefficient (Wildman–Crippen LogP) is 3.05. The monoisotopic (exact) mass is 408 g/mol. The third-order valence-corrected chi connectivity index (χ3v) is 7.18. The maximum Gasteiger partial charge on any atom is 0.245 e. The van der Waals surface area contributed by atoms with Crippen LogP contribution in [0, 0.1) is 0 Å². The first kappa shape index (κ1) is 18.3. The lowest BCUT2D eigenvalue weighted by atomic mass is 9.77. The molecule has 3 aliphatic carbocycles. The number of carbonyl (C=O) groups is 1. The third-order valence-electron chi connectivity index (χ3n) is 7.18. The second-order valence-electron chi connectivity index (χ2n) is 9.53. The van der Waals surface area contributed by atoms with Crippen molar-refractivity contribution < 1.29 is 9.32 Å². The number of piperidine rings is 1. The Hall–Kier alpha value is -2.51. The Labute approximate surface area is 175 Å². The van der Waals surface area contributed by atoms with E-state index in [9.17, 15) is 4.79 Å². The molecule has 6 rings (SSSR count). The van der Waals surface area contributed by atoms with Crippen molar-refractivity contribution in [1.82, 2.24) is 25.0 Å². The van der Waals surface area contributed by atoms with Gasteiger partial charge in [0.05, 0.1) is 12.2 Å². The number of nitrogens with one attached hydrogen (secondary N) is 1. The van der Waals surface area contributed by atoms with Crippen LogP contribution in [0.15, 0.2) is 4.52 Å². The van der Waals surface area contributed by atoms with Crippen molar-refractivity contribution in [3.8, 4) is 0 Å². The van der Waals surface area contributed by atoms with Crippen LogP contribution in [0.1, 0.15) is 92.5 Å². The topological polar surface area (TPSA) is 97.0 Å². The second kappa shape index (κ2) is 6.75. The Morgan fingerprint density at radius 1 is 1.13 bits per heavy atom. The first-order chi connectivity index (χ1) is 14.6. The summed E-state index contributed by atoms with van der Waals surface area (Å²) >= 11 is 0. The van der Waals surface area contributed by atoms with Gasteiger partial charge >= 0.3 is 0 Å². The van der Waals surface area contributed by atoms with Crippen LogP contribution in [0.2, 0.25) is 0 Å². The molecule has 3 fully saturated rings. The molecule has 1 saturated heterocycles. The number of carbonyl (C=O) groups excluding carboxylic acids is 1. The van der Waals surface area contributed by atoms with Gasteiger partial charge in [-0.15, -0.1) is 0 Å². The van der Waals surface area contributed by atoms with Crippen LogP contribution < -0.4 is 5.32 Å². The summed E-state index contributed by atoms with van der Waals surface area (Å²) in [6.45, 7) is 3.81. The highest BCUT2D eigenvalue weighted by atomic mass is 16.5. The summed E-state index contributed by atoms with van der Waals surface area (Å²) < 4.78 is 5.44. The smallest absolute Gasteiger partial charge is 0.245 e. The van der Waals surface area contributed by atoms with Crippen molar-refractivity contribution in [2.45, 2.75) is 82.1 Å². The molecule has 30 heavy (non-hydrogen) atoms. The minimum absolute atomic E-state index is 0.0219. The molecule has 3 heterocycles. The SMILES string of the molecule is CC(=O)N1CCCC2(CCc3c(NCc4nc(C5CC5)no4)nc(C4CC4)nc32)C1. The van der Waals surface area contributed by atoms with Gasteiger partial charge in [0, 0.05) is 42.8 Å². The number of fused-ring (bicyclic) bond motifs is 2. The quantitative estimate of drug-likeness (QED) is 0.812. The van der Waals surface area contributed by atoms with Gasteiger partial charge in [0.25, 0.3) is 0 Å². The highest BCUT2D eigenvalue weighted by Gasteiger charge is 2.46. The van der Waals surface area contributed by atoms with Crippen LogP contribution in [-0.2, 0) is 23.2 Å². The van der Waals surface area contributed by atoms with Gasteiger partial charge in [-0.1, -0.05) is 5.16 Å². The summed E-state index contributed by atoms with van der Waals surface area (Å²) in [7, 11) is 0. The Bertz CT molecular complexity index is 996. The van der Waals surface area contributed by atoms with Crippen molar-refractivity contribution in [3.05, 3.63) is 28.8 Å². The highest BCUT2D eigenvalue weighted by Crippen LogP contribution is 2.48. The number of likely N-dealkylation sites (tertiary alicyclic amines) is 1. The molecule has 1 amide bonds. The lowest BCUT2D eigenvalue weighted by molar-refractivity contribution is -0.131. The van der Waals surface area contributed by atoms with Gasteiger partial charge in [0.15, 0.2) is 5.82 Å². The zero-order valence-corrected chi connectivity index (χ0v) is 17.5. The zero-order valence-electron chi connectivity index (χ0n) is 17.5. The molecular formula is C22H28N6O2. The van der Waals surface area contributed by atoms with E-state index in [0.29, 0.717) is 24.3 Å². The van der Waals surface area contributed by atoms with Gasteiger partial charge in [-0.2, -0.15) is 4.98 Å². The summed E-state index contributed by atoms with van der Waals surface area (Å²) in [5.41, 5.74) is 2.37. The van der Waals surface area contributed by atoms with Crippen molar-refractivity contribution in [1.29, 1.82) is 0 Å². The van der Waals surface area contributed by atoms with E-state index in [1.807, 2.05) is 4.90 Å². The molecule has 8 heteroatoms. The Morgan fingerprint density at radius 3 is 2.70 bits per heavy atom. The maximum atomic E-state index is 12.1. The van der Waals surface area contributed by atoms with Gasteiger partial charge in [-0.05, 0) is 51.4 Å². The van der Waals surface area contributed by atoms with Crippen LogP contribution in [-0.4, -0.2) is 44.0 Å². The molecule has 0 aromatic carbocycles. The minimum Gasteiger partial charge on any atom is -0.361 e. The van der Waals surface area contributed by atoms with E-state index in [0.717, 1.165) is 69.1 Å². The molecule has 4 aliphatic rings. The number of hydrogen-bond donors (Lipinski definition) is 1. The zero-order chi connectivity index (χ0) is 20.3. The number of hydrogen-bond acceptors (Lipinski definition) is 7. The molecule has 2 saturated carbocycles. The van der Waals surface area contributed by atoms with Crippen molar-refractivity contribution >= 4 is 11.7 Å². The summed E-state index contributed by atoms with van der Waals surface area (Å²) in [5, 5.41) is 7.60. The highest BCUT2D eigenvalue weighted by molar-refractivity contribution is 5.73. The van der Waals surface area contributed by atoms with Gasteiger partial charge in [-0.25, -0.2) is 9.97 Å². The number of nitrogens with zero attached hydrogens (tertiary/aromatic N) is 5. The van der Waals surface area contributed by atoms with Crippen LogP contribution in [0.4, 0.5) is 5.82 Å². The van der Waals surface area contributed by atoms with E-state index in [2.05, 4.69) is 15.5 Å². The first-order valence-corrected chi connectivity index (χ1v) is 11.3. The fraction of sp³-hybridized carbons (Fsp3) is 0.682. The van der Waals surface area contributed by atoms with E-state index in [-0.39, 0.29) is 11.3 Å². The Morgan fingerprint density at radius 2 is 1.93 bits per heavy atom. The molecule has 8 nitrogen and oxygen atoms in total. The van der Waals surface area contributed by atoms with Crippen LogP contribution >= 0.6 is 0 Å². The summed E-state index contributed by atoms with van der Waals surface area (Å²) in [4.78, 5) is 28.6. The van der Waals surface area contributed by atoms with Crippen LogP contribution in [0.3, 0.4) is 0 Å². The molecule has 158 valence electrons. The number of amides is 1. The molecule has 0 radical (unpaired) electrons. The second-order valence-corrected chi connectivity index (χ2v) is 9.53. The van der Waals surface area contributed by atoms with Crippen LogP contribution in [0.25, 0.3) is 0 Å².